The van der Waals surface area contributed by atoms with Crippen LogP contribution in [-0.4, -0.2) is 36.6 Å². The van der Waals surface area contributed by atoms with Crippen LogP contribution in [0.1, 0.15) is 26.2 Å². The SMILES string of the molecule is CC(O)COCC1CCC2OC2C1. The number of aliphatic hydroxyl groups is 1. The quantitative estimate of drug-likeness (QED) is 0.665. The Labute approximate surface area is 79.0 Å². The van der Waals surface area contributed by atoms with Crippen LogP contribution in [0.25, 0.3) is 0 Å². The fourth-order valence-electron chi connectivity index (χ4n) is 2.04. The second-order valence-corrected chi connectivity index (χ2v) is 4.28. The van der Waals surface area contributed by atoms with Crippen molar-refractivity contribution in [2.45, 2.75) is 44.5 Å². The molecule has 2 fully saturated rings. The fraction of sp³-hybridized carbons (Fsp3) is 1.00. The second kappa shape index (κ2) is 3.95. The molecule has 0 aromatic rings. The first-order valence-electron chi connectivity index (χ1n) is 5.17. The lowest BCUT2D eigenvalue weighted by Crippen LogP contribution is -2.21. The zero-order valence-electron chi connectivity index (χ0n) is 8.11. The van der Waals surface area contributed by atoms with Gasteiger partial charge < -0.3 is 14.6 Å². The summed E-state index contributed by atoms with van der Waals surface area (Å²) in [6.45, 7) is 3.00. The third kappa shape index (κ3) is 2.66. The van der Waals surface area contributed by atoms with E-state index in [0.717, 1.165) is 13.0 Å². The van der Waals surface area contributed by atoms with Gasteiger partial charge in [0.25, 0.3) is 0 Å². The largest absolute Gasteiger partial charge is 0.391 e. The minimum atomic E-state index is -0.339. The molecule has 3 nitrogen and oxygen atoms in total. The number of fused-ring (bicyclic) bond motifs is 1. The summed E-state index contributed by atoms with van der Waals surface area (Å²) < 4.78 is 10.8. The molecule has 0 spiro atoms. The predicted molar refractivity (Wildman–Crippen MR) is 48.5 cm³/mol. The fourth-order valence-corrected chi connectivity index (χ4v) is 2.04. The number of epoxide rings is 1. The van der Waals surface area contributed by atoms with Crippen molar-refractivity contribution in [2.75, 3.05) is 13.2 Å². The molecule has 1 N–H and O–H groups in total. The van der Waals surface area contributed by atoms with Crippen LogP contribution in [0, 0.1) is 5.92 Å². The Morgan fingerprint density at radius 3 is 3.00 bits per heavy atom. The van der Waals surface area contributed by atoms with E-state index in [9.17, 15) is 0 Å². The van der Waals surface area contributed by atoms with Crippen molar-refractivity contribution in [1.82, 2.24) is 0 Å². The summed E-state index contributed by atoms with van der Waals surface area (Å²) in [7, 11) is 0. The Bertz CT molecular complexity index is 170. The van der Waals surface area contributed by atoms with Crippen LogP contribution < -0.4 is 0 Å². The van der Waals surface area contributed by atoms with Gasteiger partial charge in [-0.3, -0.25) is 0 Å². The summed E-state index contributed by atoms with van der Waals surface area (Å²) in [6.07, 6.45) is 4.36. The topological polar surface area (TPSA) is 42.0 Å². The molecule has 1 heterocycles. The van der Waals surface area contributed by atoms with Crippen LogP contribution in [0.2, 0.25) is 0 Å². The highest BCUT2D eigenvalue weighted by Gasteiger charge is 2.43. The molecule has 4 atom stereocenters. The van der Waals surface area contributed by atoms with Gasteiger partial charge in [0.05, 0.1) is 24.9 Å². The third-order valence-corrected chi connectivity index (χ3v) is 2.83. The van der Waals surface area contributed by atoms with Crippen molar-refractivity contribution in [3.05, 3.63) is 0 Å². The van der Waals surface area contributed by atoms with E-state index in [2.05, 4.69) is 0 Å². The van der Waals surface area contributed by atoms with Crippen molar-refractivity contribution >= 4 is 0 Å². The number of rotatable bonds is 4. The van der Waals surface area contributed by atoms with E-state index in [1.807, 2.05) is 0 Å². The molecule has 1 aliphatic heterocycles. The number of ether oxygens (including phenoxy) is 2. The maximum absolute atomic E-state index is 8.99. The van der Waals surface area contributed by atoms with Crippen LogP contribution in [0.3, 0.4) is 0 Å². The van der Waals surface area contributed by atoms with Crippen LogP contribution in [0.5, 0.6) is 0 Å². The Hall–Kier alpha value is -0.120. The summed E-state index contributed by atoms with van der Waals surface area (Å²) in [5.74, 6) is 0.655. The summed E-state index contributed by atoms with van der Waals surface area (Å²) in [4.78, 5) is 0. The third-order valence-electron chi connectivity index (χ3n) is 2.83. The van der Waals surface area contributed by atoms with E-state index in [1.54, 1.807) is 6.92 Å². The standard InChI is InChI=1S/C10H18O3/c1-7(11)5-12-6-8-2-3-9-10(4-8)13-9/h7-11H,2-6H2,1H3. The Balaban J connectivity index is 1.59. The molecule has 13 heavy (non-hydrogen) atoms. The molecule has 1 saturated carbocycles. The highest BCUT2D eigenvalue weighted by molar-refractivity contribution is 4.91. The molecule has 0 bridgehead atoms. The number of aliphatic hydroxyl groups excluding tert-OH is 1. The van der Waals surface area contributed by atoms with E-state index in [1.165, 1.54) is 12.8 Å². The molecule has 0 radical (unpaired) electrons. The van der Waals surface area contributed by atoms with Gasteiger partial charge in [0.15, 0.2) is 0 Å². The van der Waals surface area contributed by atoms with E-state index in [0.29, 0.717) is 24.7 Å². The molecule has 76 valence electrons. The van der Waals surface area contributed by atoms with E-state index < -0.39 is 0 Å². The zero-order valence-corrected chi connectivity index (χ0v) is 8.11. The van der Waals surface area contributed by atoms with E-state index in [-0.39, 0.29) is 6.10 Å². The molecule has 3 heteroatoms. The lowest BCUT2D eigenvalue weighted by atomic mass is 9.90. The maximum Gasteiger partial charge on any atom is 0.0845 e. The first kappa shape index (κ1) is 9.44. The number of hydrogen-bond acceptors (Lipinski definition) is 3. The highest BCUT2D eigenvalue weighted by atomic mass is 16.6. The van der Waals surface area contributed by atoms with Gasteiger partial charge in [-0.25, -0.2) is 0 Å². The van der Waals surface area contributed by atoms with Crippen LogP contribution in [0.15, 0.2) is 0 Å². The Kier molecular flexibility index (Phi) is 2.86. The van der Waals surface area contributed by atoms with Gasteiger partial charge in [-0.15, -0.1) is 0 Å². The second-order valence-electron chi connectivity index (χ2n) is 4.28. The molecule has 0 aromatic heterocycles. The van der Waals surface area contributed by atoms with Gasteiger partial charge in [0, 0.05) is 6.61 Å². The Morgan fingerprint density at radius 1 is 1.46 bits per heavy atom. The van der Waals surface area contributed by atoms with Crippen molar-refractivity contribution in [1.29, 1.82) is 0 Å². The highest BCUT2D eigenvalue weighted by Crippen LogP contribution is 2.39. The summed E-state index contributed by atoms with van der Waals surface area (Å²) >= 11 is 0. The molecular weight excluding hydrogens is 168 g/mol. The smallest absolute Gasteiger partial charge is 0.0845 e. The van der Waals surface area contributed by atoms with Gasteiger partial charge in [0.1, 0.15) is 0 Å². The van der Waals surface area contributed by atoms with E-state index in [4.69, 9.17) is 14.6 Å². The van der Waals surface area contributed by atoms with Gasteiger partial charge in [-0.2, -0.15) is 0 Å². The van der Waals surface area contributed by atoms with Crippen molar-refractivity contribution in [3.8, 4) is 0 Å². The summed E-state index contributed by atoms with van der Waals surface area (Å²) in [6, 6.07) is 0. The average molecular weight is 186 g/mol. The maximum atomic E-state index is 8.99. The molecule has 1 aliphatic carbocycles. The monoisotopic (exact) mass is 186 g/mol. The Morgan fingerprint density at radius 2 is 2.31 bits per heavy atom. The normalized spacial score (nSPS) is 39.7. The van der Waals surface area contributed by atoms with Gasteiger partial charge in [-0.05, 0) is 32.1 Å². The van der Waals surface area contributed by atoms with E-state index >= 15 is 0 Å². The molecule has 4 unspecified atom stereocenters. The number of hydrogen-bond donors (Lipinski definition) is 1. The summed E-state index contributed by atoms with van der Waals surface area (Å²) in [5.41, 5.74) is 0. The molecular formula is C10H18O3. The van der Waals surface area contributed by atoms with Gasteiger partial charge >= 0.3 is 0 Å². The molecule has 0 amide bonds. The molecule has 2 rings (SSSR count). The minimum absolute atomic E-state index is 0.339. The predicted octanol–water partition coefficient (Wildman–Crippen LogP) is 0.951. The zero-order chi connectivity index (χ0) is 9.26. The lowest BCUT2D eigenvalue weighted by molar-refractivity contribution is 0.0243. The average Bonchev–Trinajstić information content (AvgIpc) is 2.81. The van der Waals surface area contributed by atoms with Crippen LogP contribution in [0.4, 0.5) is 0 Å². The van der Waals surface area contributed by atoms with Crippen molar-refractivity contribution < 1.29 is 14.6 Å². The van der Waals surface area contributed by atoms with Crippen LogP contribution >= 0.6 is 0 Å². The first-order chi connectivity index (χ1) is 6.25. The molecule has 0 aromatic carbocycles. The van der Waals surface area contributed by atoms with Gasteiger partial charge in [0.2, 0.25) is 0 Å². The van der Waals surface area contributed by atoms with Crippen LogP contribution in [-0.2, 0) is 9.47 Å². The van der Waals surface area contributed by atoms with Gasteiger partial charge in [-0.1, -0.05) is 0 Å². The first-order valence-corrected chi connectivity index (χ1v) is 5.17. The minimum Gasteiger partial charge on any atom is -0.391 e. The molecule has 2 aliphatic rings. The summed E-state index contributed by atoms with van der Waals surface area (Å²) in [5, 5.41) is 8.99. The lowest BCUT2D eigenvalue weighted by Gasteiger charge is -2.19. The van der Waals surface area contributed by atoms with Crippen molar-refractivity contribution in [2.24, 2.45) is 5.92 Å². The van der Waals surface area contributed by atoms with Crippen molar-refractivity contribution in [3.63, 3.8) is 0 Å². The molecule has 1 saturated heterocycles.